The SMILES string of the molecule is CCCC(C)C(=O)OC(C)C[C@@](N)(Cc1ccc(OC(=O)C(C)(C)C)c(OC(=O)C(C)(C)C)c1)C(=O)OC. The van der Waals surface area contributed by atoms with Crippen molar-refractivity contribution in [2.45, 2.75) is 99.6 Å². The summed E-state index contributed by atoms with van der Waals surface area (Å²) in [6.07, 6.45) is 0.869. The van der Waals surface area contributed by atoms with Gasteiger partial charge in [0.1, 0.15) is 11.6 Å². The average Bonchev–Trinajstić information content (AvgIpc) is 2.78. The molecule has 1 aromatic carbocycles. The molecule has 0 radical (unpaired) electrons. The summed E-state index contributed by atoms with van der Waals surface area (Å²) >= 11 is 0. The fourth-order valence-corrected chi connectivity index (χ4v) is 3.55. The Morgan fingerprint density at radius 2 is 1.39 bits per heavy atom. The maximum atomic E-state index is 12.8. The third-order valence-electron chi connectivity index (χ3n) is 5.84. The molecule has 0 aromatic heterocycles. The van der Waals surface area contributed by atoms with Crippen molar-refractivity contribution in [1.82, 2.24) is 0 Å². The lowest BCUT2D eigenvalue weighted by Gasteiger charge is -2.30. The van der Waals surface area contributed by atoms with Crippen LogP contribution < -0.4 is 15.2 Å². The molecule has 0 aliphatic rings. The van der Waals surface area contributed by atoms with Crippen molar-refractivity contribution in [1.29, 1.82) is 0 Å². The summed E-state index contributed by atoms with van der Waals surface area (Å²) in [4.78, 5) is 50.3. The highest BCUT2D eigenvalue weighted by atomic mass is 16.6. The molecule has 3 atom stereocenters. The monoisotopic (exact) mass is 535 g/mol. The molecule has 0 aliphatic heterocycles. The standard InChI is InChI=1S/C29H45NO8/c1-11-12-18(2)23(31)36-19(3)16-29(30,26(34)35-10)17-20-13-14-21(37-24(32)27(4,5)6)22(15-20)38-25(33)28(7,8)9/h13-15,18-19H,11-12,16-17,30H2,1-10H3/t18?,19?,29-/m1/s1. The van der Waals surface area contributed by atoms with Crippen molar-refractivity contribution in [2.75, 3.05) is 7.11 Å². The third-order valence-corrected chi connectivity index (χ3v) is 5.84. The zero-order valence-electron chi connectivity index (χ0n) is 24.6. The molecular weight excluding hydrogens is 490 g/mol. The molecule has 0 amide bonds. The number of benzene rings is 1. The summed E-state index contributed by atoms with van der Waals surface area (Å²) in [5.41, 5.74) is 3.91. The lowest BCUT2D eigenvalue weighted by atomic mass is 9.86. The molecule has 1 aromatic rings. The van der Waals surface area contributed by atoms with Gasteiger partial charge in [0.05, 0.1) is 23.9 Å². The van der Waals surface area contributed by atoms with E-state index in [1.807, 2.05) is 6.92 Å². The number of carbonyl (C=O) groups is 4. The van der Waals surface area contributed by atoms with E-state index in [1.54, 1.807) is 61.5 Å². The van der Waals surface area contributed by atoms with Gasteiger partial charge in [-0.15, -0.1) is 0 Å². The zero-order chi connectivity index (χ0) is 29.5. The van der Waals surface area contributed by atoms with E-state index in [0.717, 1.165) is 6.42 Å². The summed E-state index contributed by atoms with van der Waals surface area (Å²) in [5.74, 6) is -2.24. The second-order valence-electron chi connectivity index (χ2n) is 12.0. The minimum atomic E-state index is -1.54. The van der Waals surface area contributed by atoms with E-state index in [9.17, 15) is 19.2 Å². The molecule has 0 bridgehead atoms. The molecule has 0 saturated heterocycles. The van der Waals surface area contributed by atoms with E-state index >= 15 is 0 Å². The van der Waals surface area contributed by atoms with Crippen LogP contribution in [0.25, 0.3) is 0 Å². The number of esters is 4. The first-order valence-electron chi connectivity index (χ1n) is 13.0. The highest BCUT2D eigenvalue weighted by Gasteiger charge is 2.39. The van der Waals surface area contributed by atoms with Crippen molar-refractivity contribution < 1.29 is 38.1 Å². The van der Waals surface area contributed by atoms with Gasteiger partial charge in [-0.25, -0.2) is 0 Å². The van der Waals surface area contributed by atoms with Gasteiger partial charge in [-0.1, -0.05) is 26.3 Å². The van der Waals surface area contributed by atoms with Gasteiger partial charge in [-0.05, 0) is 72.6 Å². The summed E-state index contributed by atoms with van der Waals surface area (Å²) in [6.45, 7) is 15.7. The Morgan fingerprint density at radius 3 is 1.87 bits per heavy atom. The van der Waals surface area contributed by atoms with Crippen LogP contribution in [0.15, 0.2) is 18.2 Å². The maximum absolute atomic E-state index is 12.8. The molecule has 2 N–H and O–H groups in total. The highest BCUT2D eigenvalue weighted by Crippen LogP contribution is 2.34. The molecular formula is C29H45NO8. The van der Waals surface area contributed by atoms with Crippen LogP contribution in [0, 0.1) is 16.7 Å². The molecule has 0 saturated carbocycles. The average molecular weight is 536 g/mol. The Morgan fingerprint density at radius 1 is 0.868 bits per heavy atom. The van der Waals surface area contributed by atoms with Crippen molar-refractivity contribution >= 4 is 23.9 Å². The molecule has 0 spiro atoms. The van der Waals surface area contributed by atoms with E-state index in [-0.39, 0.29) is 36.2 Å². The number of hydrogen-bond donors (Lipinski definition) is 1. The van der Waals surface area contributed by atoms with E-state index in [2.05, 4.69) is 0 Å². The maximum Gasteiger partial charge on any atom is 0.326 e. The predicted octanol–water partition coefficient (Wildman–Crippen LogP) is 4.76. The minimum Gasteiger partial charge on any atom is -0.468 e. The number of methoxy groups -OCH3 is 1. The summed E-state index contributed by atoms with van der Waals surface area (Å²) < 4.78 is 21.7. The Hall–Kier alpha value is -2.94. The molecule has 0 fully saturated rings. The highest BCUT2D eigenvalue weighted by molar-refractivity contribution is 5.82. The second kappa shape index (κ2) is 13.2. The van der Waals surface area contributed by atoms with Crippen LogP contribution in [0.4, 0.5) is 0 Å². The van der Waals surface area contributed by atoms with Crippen LogP contribution in [-0.4, -0.2) is 42.6 Å². The zero-order valence-corrected chi connectivity index (χ0v) is 24.6. The van der Waals surface area contributed by atoms with Gasteiger partial charge in [0.2, 0.25) is 0 Å². The molecule has 214 valence electrons. The van der Waals surface area contributed by atoms with E-state index in [1.165, 1.54) is 19.2 Å². The summed E-state index contributed by atoms with van der Waals surface area (Å²) in [5, 5.41) is 0. The van der Waals surface area contributed by atoms with Gasteiger partial charge >= 0.3 is 23.9 Å². The number of nitrogens with two attached hydrogens (primary N) is 1. The van der Waals surface area contributed by atoms with Crippen LogP contribution in [-0.2, 0) is 35.1 Å². The number of ether oxygens (including phenoxy) is 4. The lowest BCUT2D eigenvalue weighted by molar-refractivity contribution is -0.157. The molecule has 0 aliphatic carbocycles. The van der Waals surface area contributed by atoms with Gasteiger partial charge in [-0.2, -0.15) is 0 Å². The number of rotatable bonds is 11. The topological polar surface area (TPSA) is 131 Å². The van der Waals surface area contributed by atoms with Gasteiger partial charge in [0.25, 0.3) is 0 Å². The largest absolute Gasteiger partial charge is 0.468 e. The Kier molecular flexibility index (Phi) is 11.5. The van der Waals surface area contributed by atoms with Crippen LogP contribution in [0.1, 0.15) is 87.1 Å². The summed E-state index contributed by atoms with van der Waals surface area (Å²) in [6, 6.07) is 4.64. The fourth-order valence-electron chi connectivity index (χ4n) is 3.55. The minimum absolute atomic E-state index is 0.00212. The first-order chi connectivity index (χ1) is 17.3. The van der Waals surface area contributed by atoms with Crippen LogP contribution >= 0.6 is 0 Å². The van der Waals surface area contributed by atoms with Crippen molar-refractivity contribution in [3.63, 3.8) is 0 Å². The number of carbonyl (C=O) groups excluding carboxylic acids is 4. The Balaban J connectivity index is 3.32. The van der Waals surface area contributed by atoms with E-state index < -0.39 is 40.4 Å². The van der Waals surface area contributed by atoms with Gasteiger partial charge in [0.15, 0.2) is 11.5 Å². The first-order valence-corrected chi connectivity index (χ1v) is 13.0. The van der Waals surface area contributed by atoms with E-state index in [0.29, 0.717) is 12.0 Å². The molecule has 1 rings (SSSR count). The number of hydrogen-bond acceptors (Lipinski definition) is 9. The van der Waals surface area contributed by atoms with Crippen LogP contribution in [0.5, 0.6) is 11.5 Å². The van der Waals surface area contributed by atoms with Crippen molar-refractivity contribution in [3.05, 3.63) is 23.8 Å². The molecule has 9 heteroatoms. The van der Waals surface area contributed by atoms with E-state index in [4.69, 9.17) is 24.7 Å². The summed E-state index contributed by atoms with van der Waals surface area (Å²) in [7, 11) is 1.23. The molecule has 9 nitrogen and oxygen atoms in total. The van der Waals surface area contributed by atoms with Gasteiger partial charge < -0.3 is 24.7 Å². The fraction of sp³-hybridized carbons (Fsp3) is 0.655. The molecule has 0 heterocycles. The lowest BCUT2D eigenvalue weighted by Crippen LogP contribution is -2.53. The van der Waals surface area contributed by atoms with Crippen LogP contribution in [0.2, 0.25) is 0 Å². The molecule has 38 heavy (non-hydrogen) atoms. The van der Waals surface area contributed by atoms with Crippen molar-refractivity contribution in [2.24, 2.45) is 22.5 Å². The smallest absolute Gasteiger partial charge is 0.326 e. The van der Waals surface area contributed by atoms with Crippen LogP contribution in [0.3, 0.4) is 0 Å². The first kappa shape index (κ1) is 33.1. The molecule has 2 unspecified atom stereocenters. The normalized spacial score (nSPS) is 15.0. The Bertz CT molecular complexity index is 1000. The third kappa shape index (κ3) is 9.74. The second-order valence-corrected chi connectivity index (χ2v) is 12.0. The predicted molar refractivity (Wildman–Crippen MR) is 144 cm³/mol. The Labute approximate surface area is 226 Å². The van der Waals surface area contributed by atoms with Gasteiger partial charge in [0, 0.05) is 12.8 Å². The quantitative estimate of drug-likeness (QED) is 0.315. The van der Waals surface area contributed by atoms with Gasteiger partial charge in [-0.3, -0.25) is 19.2 Å². The van der Waals surface area contributed by atoms with Crippen molar-refractivity contribution in [3.8, 4) is 11.5 Å².